The molecule has 1 N–H and O–H groups in total. The highest BCUT2D eigenvalue weighted by molar-refractivity contribution is 6.29. The van der Waals surface area contributed by atoms with E-state index >= 15 is 0 Å². The molecule has 0 amide bonds. The van der Waals surface area contributed by atoms with E-state index in [1.165, 1.54) is 18.7 Å². The van der Waals surface area contributed by atoms with Crippen LogP contribution in [0.5, 0.6) is 0 Å². The molecule has 7 heteroatoms. The van der Waals surface area contributed by atoms with Crippen LogP contribution in [0.1, 0.15) is 0 Å². The van der Waals surface area contributed by atoms with Gasteiger partial charge in [-0.15, -0.1) is 0 Å². The highest BCUT2D eigenvalue weighted by Crippen LogP contribution is 2.03. The van der Waals surface area contributed by atoms with Crippen LogP contribution in [0.25, 0.3) is 5.82 Å². The molecule has 0 aromatic carbocycles. The maximum Gasteiger partial charge on any atom is 0.349 e. The lowest BCUT2D eigenvalue weighted by Gasteiger charge is -1.96. The van der Waals surface area contributed by atoms with Crippen LogP contribution in [0.2, 0.25) is 5.15 Å². The molecule has 0 atom stereocenters. The summed E-state index contributed by atoms with van der Waals surface area (Å²) in [7, 11) is 0. The first-order valence-corrected chi connectivity index (χ1v) is 3.76. The predicted molar refractivity (Wildman–Crippen MR) is 44.8 cm³/mol. The Hall–Kier alpha value is -1.69. The first-order chi connectivity index (χ1) is 6.27. The molecule has 0 aliphatic rings. The summed E-state index contributed by atoms with van der Waals surface area (Å²) in [5, 5.41) is 3.93. The molecule has 2 aromatic heterocycles. The molecule has 66 valence electrons. The number of aromatic amines is 1. The van der Waals surface area contributed by atoms with Crippen LogP contribution in [-0.2, 0) is 0 Å². The second-order valence-corrected chi connectivity index (χ2v) is 2.59. The van der Waals surface area contributed by atoms with Gasteiger partial charge in [0.05, 0.1) is 12.4 Å². The van der Waals surface area contributed by atoms with E-state index in [2.05, 4.69) is 20.1 Å². The molecule has 0 radical (unpaired) electrons. The summed E-state index contributed by atoms with van der Waals surface area (Å²) in [6.07, 6.45) is 4.04. The maximum atomic E-state index is 11.1. The van der Waals surface area contributed by atoms with Gasteiger partial charge in [0.25, 0.3) is 0 Å². The molecule has 0 aliphatic carbocycles. The number of H-pyrrole nitrogens is 1. The topological polar surface area (TPSA) is 76.5 Å². The number of hydrogen-bond acceptors (Lipinski definition) is 4. The molecule has 0 bridgehead atoms. The zero-order chi connectivity index (χ0) is 9.26. The zero-order valence-electron chi connectivity index (χ0n) is 6.31. The molecular formula is C6H4ClN5O. The SMILES string of the molecule is O=c1[nH]cnn1-c1cncc(Cl)n1. The Labute approximate surface area is 77.2 Å². The standard InChI is InChI=1S/C6H4ClN5O/c7-4-1-8-2-5(11-4)12-6(13)9-3-10-12/h1-3H,(H,9,10,13). The van der Waals surface area contributed by atoms with Crippen molar-refractivity contribution in [2.45, 2.75) is 0 Å². The van der Waals surface area contributed by atoms with Crippen molar-refractivity contribution in [1.82, 2.24) is 24.7 Å². The van der Waals surface area contributed by atoms with E-state index in [1.807, 2.05) is 0 Å². The van der Waals surface area contributed by atoms with Gasteiger partial charge in [0, 0.05) is 0 Å². The molecule has 0 spiro atoms. The zero-order valence-corrected chi connectivity index (χ0v) is 7.06. The fourth-order valence-corrected chi connectivity index (χ4v) is 0.996. The molecule has 2 rings (SSSR count). The van der Waals surface area contributed by atoms with Crippen LogP contribution in [0.3, 0.4) is 0 Å². The average Bonchev–Trinajstić information content (AvgIpc) is 2.51. The second kappa shape index (κ2) is 2.98. The molecule has 0 aliphatic heterocycles. The van der Waals surface area contributed by atoms with E-state index in [0.717, 1.165) is 4.68 Å². The Balaban J connectivity index is 2.59. The van der Waals surface area contributed by atoms with Gasteiger partial charge < -0.3 is 0 Å². The predicted octanol–water partition coefficient (Wildman–Crippen LogP) is 0.00400. The highest BCUT2D eigenvalue weighted by atomic mass is 35.5. The van der Waals surface area contributed by atoms with Crippen LogP contribution in [0.4, 0.5) is 0 Å². The third-order valence-electron chi connectivity index (χ3n) is 1.36. The lowest BCUT2D eigenvalue weighted by molar-refractivity contribution is 0.805. The summed E-state index contributed by atoms with van der Waals surface area (Å²) < 4.78 is 1.07. The van der Waals surface area contributed by atoms with Gasteiger partial charge in [-0.3, -0.25) is 9.97 Å². The van der Waals surface area contributed by atoms with Crippen molar-refractivity contribution in [3.63, 3.8) is 0 Å². The van der Waals surface area contributed by atoms with Crippen LogP contribution in [0, 0.1) is 0 Å². The number of hydrogen-bond donors (Lipinski definition) is 1. The summed E-state index contributed by atoms with van der Waals surface area (Å²) in [5.41, 5.74) is -0.378. The summed E-state index contributed by atoms with van der Waals surface area (Å²) in [4.78, 5) is 21.1. The van der Waals surface area contributed by atoms with Gasteiger partial charge in [0.2, 0.25) is 0 Å². The molecule has 0 saturated heterocycles. The summed E-state index contributed by atoms with van der Waals surface area (Å²) in [6.45, 7) is 0. The molecule has 0 saturated carbocycles. The molecule has 6 nitrogen and oxygen atoms in total. The summed E-state index contributed by atoms with van der Waals surface area (Å²) in [6, 6.07) is 0. The van der Waals surface area contributed by atoms with Crippen molar-refractivity contribution in [3.8, 4) is 5.82 Å². The van der Waals surface area contributed by atoms with Crippen LogP contribution < -0.4 is 5.69 Å². The van der Waals surface area contributed by atoms with Gasteiger partial charge in [-0.25, -0.2) is 9.78 Å². The summed E-state index contributed by atoms with van der Waals surface area (Å²) in [5.74, 6) is 0.291. The van der Waals surface area contributed by atoms with E-state index in [-0.39, 0.29) is 10.8 Å². The van der Waals surface area contributed by atoms with Crippen molar-refractivity contribution in [2.75, 3.05) is 0 Å². The lowest BCUT2D eigenvalue weighted by Crippen LogP contribution is -2.17. The third kappa shape index (κ3) is 1.43. The largest absolute Gasteiger partial charge is 0.349 e. The highest BCUT2D eigenvalue weighted by Gasteiger charge is 2.03. The lowest BCUT2D eigenvalue weighted by atomic mass is 10.7. The van der Waals surface area contributed by atoms with Gasteiger partial charge in [-0.05, 0) is 0 Å². The van der Waals surface area contributed by atoms with Crippen molar-refractivity contribution >= 4 is 11.6 Å². The van der Waals surface area contributed by atoms with E-state index in [4.69, 9.17) is 11.6 Å². The van der Waals surface area contributed by atoms with Crippen molar-refractivity contribution < 1.29 is 0 Å². The Kier molecular flexibility index (Phi) is 1.82. The molecule has 2 aromatic rings. The molecule has 2 heterocycles. The van der Waals surface area contributed by atoms with Gasteiger partial charge in [-0.2, -0.15) is 9.78 Å². The van der Waals surface area contributed by atoms with Crippen LogP contribution >= 0.6 is 11.6 Å². The number of nitrogens with one attached hydrogen (secondary N) is 1. The summed E-state index contributed by atoms with van der Waals surface area (Å²) >= 11 is 5.59. The smallest absolute Gasteiger partial charge is 0.295 e. The van der Waals surface area contributed by atoms with E-state index in [0.29, 0.717) is 5.82 Å². The molecule has 13 heavy (non-hydrogen) atoms. The minimum Gasteiger partial charge on any atom is -0.295 e. The van der Waals surface area contributed by atoms with Crippen LogP contribution in [-0.4, -0.2) is 24.7 Å². The monoisotopic (exact) mass is 197 g/mol. The minimum atomic E-state index is -0.378. The van der Waals surface area contributed by atoms with E-state index in [1.54, 1.807) is 0 Å². The van der Waals surface area contributed by atoms with Gasteiger partial charge in [0.15, 0.2) is 5.82 Å². The number of halogens is 1. The normalized spacial score (nSPS) is 10.2. The van der Waals surface area contributed by atoms with Crippen molar-refractivity contribution in [3.05, 3.63) is 34.4 Å². The van der Waals surface area contributed by atoms with Gasteiger partial charge in [-0.1, -0.05) is 11.6 Å². The second-order valence-electron chi connectivity index (χ2n) is 2.21. The average molecular weight is 198 g/mol. The maximum absolute atomic E-state index is 11.1. The first-order valence-electron chi connectivity index (χ1n) is 3.38. The van der Waals surface area contributed by atoms with Gasteiger partial charge in [0.1, 0.15) is 11.5 Å². The number of nitrogens with zero attached hydrogens (tertiary/aromatic N) is 4. The van der Waals surface area contributed by atoms with Crippen molar-refractivity contribution in [2.24, 2.45) is 0 Å². The molecule has 0 unspecified atom stereocenters. The minimum absolute atomic E-state index is 0.215. The molecular weight excluding hydrogens is 194 g/mol. The van der Waals surface area contributed by atoms with Crippen LogP contribution in [0.15, 0.2) is 23.5 Å². The van der Waals surface area contributed by atoms with E-state index in [9.17, 15) is 4.79 Å². The molecule has 0 fully saturated rings. The fourth-order valence-electron chi connectivity index (χ4n) is 0.853. The fraction of sp³-hybridized carbons (Fsp3) is 0. The Bertz CT molecular complexity index is 476. The van der Waals surface area contributed by atoms with E-state index < -0.39 is 0 Å². The van der Waals surface area contributed by atoms with Gasteiger partial charge >= 0.3 is 5.69 Å². The Morgan fingerprint density at radius 1 is 1.46 bits per heavy atom. The first kappa shape index (κ1) is 7.93. The Morgan fingerprint density at radius 2 is 2.31 bits per heavy atom. The Morgan fingerprint density at radius 3 is 2.92 bits per heavy atom. The quantitative estimate of drug-likeness (QED) is 0.699. The van der Waals surface area contributed by atoms with Crippen molar-refractivity contribution in [1.29, 1.82) is 0 Å². The number of aromatic nitrogens is 5. The number of rotatable bonds is 1. The third-order valence-corrected chi connectivity index (χ3v) is 1.55.